The van der Waals surface area contributed by atoms with Crippen molar-refractivity contribution < 1.29 is 4.39 Å². The van der Waals surface area contributed by atoms with E-state index in [0.29, 0.717) is 12.2 Å². The molecule has 31 heavy (non-hydrogen) atoms. The second kappa shape index (κ2) is 8.53. The van der Waals surface area contributed by atoms with Crippen molar-refractivity contribution in [2.45, 2.75) is 19.5 Å². The van der Waals surface area contributed by atoms with Crippen LogP contribution < -0.4 is 27.2 Å². The minimum Gasteiger partial charge on any atom is -0.394 e. The monoisotopic (exact) mass is 415 g/mol. The highest BCUT2D eigenvalue weighted by atomic mass is 19.1. The van der Waals surface area contributed by atoms with Crippen LogP contribution in [0.15, 0.2) is 82.4 Å². The Morgan fingerprint density at radius 1 is 0.903 bits per heavy atom. The number of nitrogen functional groups attached to an aromatic ring is 1. The van der Waals surface area contributed by atoms with Gasteiger partial charge in [-0.25, -0.2) is 4.39 Å². The summed E-state index contributed by atoms with van der Waals surface area (Å²) >= 11 is 0. The van der Waals surface area contributed by atoms with Crippen LogP contribution in [-0.2, 0) is 6.54 Å². The third-order valence-electron chi connectivity index (χ3n) is 5.42. The zero-order chi connectivity index (χ0) is 22.0. The molecule has 6 heteroatoms. The van der Waals surface area contributed by atoms with Gasteiger partial charge in [-0.3, -0.25) is 9.59 Å². The molecule has 0 bridgehead atoms. The lowest BCUT2D eigenvalue weighted by Crippen LogP contribution is -2.36. The molecular weight excluding hydrogens is 393 g/mol. The van der Waals surface area contributed by atoms with Gasteiger partial charge in [0.05, 0.1) is 0 Å². The molecule has 0 saturated carbocycles. The summed E-state index contributed by atoms with van der Waals surface area (Å²) in [6.45, 7) is 2.54. The van der Waals surface area contributed by atoms with E-state index in [4.69, 9.17) is 5.73 Å². The average molecular weight is 415 g/mol. The Labute approximate surface area is 179 Å². The maximum atomic E-state index is 13.5. The first-order chi connectivity index (χ1) is 15.0. The molecule has 0 amide bonds. The Bertz CT molecular complexity index is 1280. The minimum absolute atomic E-state index is 0.0613. The third kappa shape index (κ3) is 4.11. The van der Waals surface area contributed by atoms with Gasteiger partial charge in [0.25, 0.3) is 10.9 Å². The predicted molar refractivity (Wildman–Crippen MR) is 123 cm³/mol. The maximum Gasteiger partial charge on any atom is 0.253 e. The van der Waals surface area contributed by atoms with Crippen LogP contribution in [-0.4, -0.2) is 0 Å². The van der Waals surface area contributed by atoms with Crippen LogP contribution in [0.2, 0.25) is 0 Å². The molecule has 0 heterocycles. The molecule has 4 aromatic carbocycles. The van der Waals surface area contributed by atoms with Crippen molar-refractivity contribution in [3.05, 3.63) is 110 Å². The van der Waals surface area contributed by atoms with Crippen LogP contribution in [0.5, 0.6) is 0 Å². The van der Waals surface area contributed by atoms with E-state index in [9.17, 15) is 14.0 Å². The molecule has 0 aromatic heterocycles. The van der Waals surface area contributed by atoms with E-state index in [2.05, 4.69) is 17.6 Å². The van der Waals surface area contributed by atoms with Crippen molar-refractivity contribution in [3.8, 4) is 11.1 Å². The topological polar surface area (TPSA) is 84.2 Å². The van der Waals surface area contributed by atoms with Gasteiger partial charge in [0.1, 0.15) is 17.2 Å². The standard InChI is InChI=1S/C25H22FN3O2/c1-15(16-6-3-2-4-7-16)28-14-20-19(17-10-12-18(26)13-11-17)8-5-9-21(20)29-23-22(27)24(30)25(23)31/h2-13,15,28-29H,14,27H2,1H3. The molecule has 1 unspecified atom stereocenters. The number of anilines is 3. The van der Waals surface area contributed by atoms with Crippen LogP contribution in [0.4, 0.5) is 21.5 Å². The van der Waals surface area contributed by atoms with Crippen molar-refractivity contribution in [1.82, 2.24) is 5.32 Å². The Morgan fingerprint density at radius 2 is 1.61 bits per heavy atom. The van der Waals surface area contributed by atoms with E-state index in [-0.39, 0.29) is 23.2 Å². The molecule has 1 atom stereocenters. The van der Waals surface area contributed by atoms with Crippen molar-refractivity contribution in [2.75, 3.05) is 11.1 Å². The second-order valence-corrected chi connectivity index (χ2v) is 7.42. The lowest BCUT2D eigenvalue weighted by atomic mass is 9.97. The minimum atomic E-state index is -0.672. The van der Waals surface area contributed by atoms with E-state index in [1.54, 1.807) is 12.1 Å². The molecule has 0 saturated heterocycles. The van der Waals surface area contributed by atoms with Crippen LogP contribution >= 0.6 is 0 Å². The lowest BCUT2D eigenvalue weighted by Gasteiger charge is -2.21. The molecule has 0 radical (unpaired) electrons. The van der Waals surface area contributed by atoms with Gasteiger partial charge in [0.2, 0.25) is 0 Å². The van der Waals surface area contributed by atoms with Gasteiger partial charge >= 0.3 is 0 Å². The van der Waals surface area contributed by atoms with Crippen molar-refractivity contribution in [1.29, 1.82) is 0 Å². The summed E-state index contributed by atoms with van der Waals surface area (Å²) in [7, 11) is 0. The van der Waals surface area contributed by atoms with Gasteiger partial charge in [-0.1, -0.05) is 54.6 Å². The summed E-state index contributed by atoms with van der Waals surface area (Å²) in [5.74, 6) is -0.313. The Kier molecular flexibility index (Phi) is 5.64. The number of hydrogen-bond acceptors (Lipinski definition) is 5. The fourth-order valence-corrected chi connectivity index (χ4v) is 3.58. The van der Waals surface area contributed by atoms with Crippen LogP contribution in [0.25, 0.3) is 11.1 Å². The maximum absolute atomic E-state index is 13.5. The summed E-state index contributed by atoms with van der Waals surface area (Å²) in [6, 6.07) is 22.0. The molecule has 0 spiro atoms. The van der Waals surface area contributed by atoms with Gasteiger partial charge in [0, 0.05) is 18.3 Å². The summed E-state index contributed by atoms with van der Waals surface area (Å²) < 4.78 is 13.5. The molecule has 4 aromatic rings. The summed E-state index contributed by atoms with van der Waals surface area (Å²) in [6.07, 6.45) is 0. The summed E-state index contributed by atoms with van der Waals surface area (Å²) in [5, 5.41) is 6.54. The molecule has 0 aliphatic rings. The van der Waals surface area contributed by atoms with Gasteiger partial charge in [-0.05, 0) is 47.4 Å². The fraction of sp³-hybridized carbons (Fsp3) is 0.120. The molecule has 156 valence electrons. The molecule has 4 N–H and O–H groups in total. The van der Waals surface area contributed by atoms with Gasteiger partial charge in [-0.15, -0.1) is 0 Å². The lowest BCUT2D eigenvalue weighted by molar-refractivity contribution is 0.576. The molecule has 0 fully saturated rings. The normalized spacial score (nSPS) is 12.1. The summed E-state index contributed by atoms with van der Waals surface area (Å²) in [4.78, 5) is 23.4. The molecular formula is C25H22FN3O2. The first-order valence-electron chi connectivity index (χ1n) is 9.97. The quantitative estimate of drug-likeness (QED) is 0.393. The van der Waals surface area contributed by atoms with Crippen molar-refractivity contribution in [2.24, 2.45) is 0 Å². The van der Waals surface area contributed by atoms with E-state index in [1.165, 1.54) is 12.1 Å². The highest BCUT2D eigenvalue weighted by Crippen LogP contribution is 2.32. The van der Waals surface area contributed by atoms with Crippen LogP contribution in [0.1, 0.15) is 24.1 Å². The van der Waals surface area contributed by atoms with E-state index in [1.807, 2.05) is 48.5 Å². The smallest absolute Gasteiger partial charge is 0.253 e. The Hall–Kier alpha value is -3.77. The first kappa shape index (κ1) is 20.5. The van der Waals surface area contributed by atoms with Gasteiger partial charge in [-0.2, -0.15) is 0 Å². The van der Waals surface area contributed by atoms with Crippen molar-refractivity contribution in [3.63, 3.8) is 0 Å². The largest absolute Gasteiger partial charge is 0.394 e. The Morgan fingerprint density at radius 3 is 2.29 bits per heavy atom. The molecule has 0 aliphatic carbocycles. The highest BCUT2D eigenvalue weighted by molar-refractivity contribution is 5.81. The number of rotatable bonds is 7. The zero-order valence-electron chi connectivity index (χ0n) is 17.0. The number of hydrogen-bond donors (Lipinski definition) is 3. The van der Waals surface area contributed by atoms with Crippen molar-refractivity contribution >= 4 is 17.1 Å². The number of nitrogens with one attached hydrogen (secondary N) is 2. The highest BCUT2D eigenvalue weighted by Gasteiger charge is 2.20. The third-order valence-corrected chi connectivity index (χ3v) is 5.42. The van der Waals surface area contributed by atoms with E-state index < -0.39 is 10.9 Å². The van der Waals surface area contributed by atoms with E-state index in [0.717, 1.165) is 22.3 Å². The molecule has 4 rings (SSSR count). The zero-order valence-corrected chi connectivity index (χ0v) is 17.0. The predicted octanol–water partition coefficient (Wildman–Crippen LogP) is 4.27. The van der Waals surface area contributed by atoms with Gasteiger partial charge < -0.3 is 16.4 Å². The first-order valence-corrected chi connectivity index (χ1v) is 9.97. The van der Waals surface area contributed by atoms with Gasteiger partial charge in [0.15, 0.2) is 0 Å². The van der Waals surface area contributed by atoms with Crippen LogP contribution in [0, 0.1) is 5.82 Å². The van der Waals surface area contributed by atoms with Crippen LogP contribution in [0.3, 0.4) is 0 Å². The second-order valence-electron chi connectivity index (χ2n) is 7.42. The van der Waals surface area contributed by atoms with E-state index >= 15 is 0 Å². The summed E-state index contributed by atoms with van der Waals surface area (Å²) in [5.41, 5.74) is 8.87. The number of nitrogens with two attached hydrogens (primary N) is 1. The SMILES string of the molecule is CC(NCc1c(Nc2c(N)c(=O)c2=O)cccc1-c1ccc(F)cc1)c1ccccc1. The molecule has 5 nitrogen and oxygen atoms in total. The Balaban J connectivity index is 1.71. The number of halogens is 1. The average Bonchev–Trinajstić information content (AvgIpc) is 2.81. The number of benzene rings is 3. The fourth-order valence-electron chi connectivity index (χ4n) is 3.58. The molecule has 0 aliphatic heterocycles.